The lowest BCUT2D eigenvalue weighted by Gasteiger charge is -2.15. The first kappa shape index (κ1) is 14.3. The highest BCUT2D eigenvalue weighted by atomic mass is 19.4. The monoisotopic (exact) mass is 260 g/mol. The lowest BCUT2D eigenvalue weighted by Crippen LogP contribution is -2.19. The van der Waals surface area contributed by atoms with Crippen LogP contribution < -0.4 is 10.6 Å². The topological polar surface area (TPSA) is 41.1 Å². The summed E-state index contributed by atoms with van der Waals surface area (Å²) in [6, 6.07) is 3.51. The first-order valence-corrected chi connectivity index (χ1v) is 5.57. The van der Waals surface area contributed by atoms with Crippen molar-refractivity contribution in [3.05, 3.63) is 29.3 Å². The van der Waals surface area contributed by atoms with Crippen LogP contribution in [0.5, 0.6) is 0 Å². The Morgan fingerprint density at radius 2 is 2.00 bits per heavy atom. The fraction of sp³-hybridized carbons (Fsp3) is 0.417. The Morgan fingerprint density at radius 1 is 1.33 bits per heavy atom. The summed E-state index contributed by atoms with van der Waals surface area (Å²) in [5.74, 6) is -0.539. The van der Waals surface area contributed by atoms with E-state index < -0.39 is 17.6 Å². The molecule has 0 atom stereocenters. The van der Waals surface area contributed by atoms with Gasteiger partial charge >= 0.3 is 6.18 Å². The fourth-order valence-electron chi connectivity index (χ4n) is 1.48. The molecule has 100 valence electrons. The number of anilines is 1. The number of carbonyl (C=O) groups is 1. The molecule has 0 aliphatic heterocycles. The molecule has 0 aliphatic carbocycles. The van der Waals surface area contributed by atoms with E-state index in [0.29, 0.717) is 13.0 Å². The minimum Gasteiger partial charge on any atom is -0.385 e. The van der Waals surface area contributed by atoms with Gasteiger partial charge in [-0.05, 0) is 24.6 Å². The molecular formula is C12H15F3N2O. The first-order chi connectivity index (χ1) is 8.40. The summed E-state index contributed by atoms with van der Waals surface area (Å²) in [5, 5.41) is 5.00. The number of halogens is 3. The van der Waals surface area contributed by atoms with Crippen LogP contribution >= 0.6 is 0 Å². The molecule has 1 aromatic carbocycles. The van der Waals surface area contributed by atoms with Gasteiger partial charge < -0.3 is 10.6 Å². The van der Waals surface area contributed by atoms with Crippen molar-refractivity contribution in [3.63, 3.8) is 0 Å². The van der Waals surface area contributed by atoms with Gasteiger partial charge in [0.25, 0.3) is 5.91 Å². The Kier molecular flexibility index (Phi) is 4.58. The molecule has 1 rings (SSSR count). The van der Waals surface area contributed by atoms with Crippen LogP contribution in [0.2, 0.25) is 0 Å². The van der Waals surface area contributed by atoms with Crippen LogP contribution in [-0.2, 0) is 6.18 Å². The summed E-state index contributed by atoms with van der Waals surface area (Å²) in [6.45, 7) is 2.31. The lowest BCUT2D eigenvalue weighted by atomic mass is 10.1. The molecular weight excluding hydrogens is 245 g/mol. The van der Waals surface area contributed by atoms with Gasteiger partial charge in [-0.3, -0.25) is 4.79 Å². The highest BCUT2D eigenvalue weighted by Crippen LogP contribution is 2.35. The highest BCUT2D eigenvalue weighted by Gasteiger charge is 2.34. The molecule has 0 radical (unpaired) electrons. The predicted molar refractivity (Wildman–Crippen MR) is 63.6 cm³/mol. The minimum atomic E-state index is -4.49. The second kappa shape index (κ2) is 5.75. The van der Waals surface area contributed by atoms with E-state index in [1.165, 1.54) is 19.2 Å². The van der Waals surface area contributed by atoms with Gasteiger partial charge in [0.1, 0.15) is 0 Å². The standard InChI is InChI=1S/C12H15F3N2O/c1-3-6-17-10-5-4-8(11(18)16-2)7-9(10)12(13,14)15/h4-5,7,17H,3,6H2,1-2H3,(H,16,18). The third-order valence-corrected chi connectivity index (χ3v) is 2.38. The third kappa shape index (κ3) is 3.38. The van der Waals surface area contributed by atoms with Crippen LogP contribution in [-0.4, -0.2) is 19.5 Å². The van der Waals surface area contributed by atoms with Crippen LogP contribution in [0.15, 0.2) is 18.2 Å². The number of benzene rings is 1. The zero-order chi connectivity index (χ0) is 13.8. The Morgan fingerprint density at radius 3 is 2.50 bits per heavy atom. The molecule has 3 nitrogen and oxygen atoms in total. The number of nitrogens with one attached hydrogen (secondary N) is 2. The molecule has 1 amide bonds. The average Bonchev–Trinajstić information content (AvgIpc) is 2.34. The number of hydrogen-bond acceptors (Lipinski definition) is 2. The fourth-order valence-corrected chi connectivity index (χ4v) is 1.48. The van der Waals surface area contributed by atoms with Gasteiger partial charge in [0.15, 0.2) is 0 Å². The van der Waals surface area contributed by atoms with Crippen LogP contribution in [0.4, 0.5) is 18.9 Å². The maximum atomic E-state index is 12.9. The Labute approximate surface area is 103 Å². The Bertz CT molecular complexity index is 430. The molecule has 0 saturated carbocycles. The van der Waals surface area contributed by atoms with Crippen molar-refractivity contribution in [2.75, 3.05) is 18.9 Å². The van der Waals surface area contributed by atoms with E-state index in [2.05, 4.69) is 10.6 Å². The summed E-state index contributed by atoms with van der Waals surface area (Å²) in [6.07, 6.45) is -3.77. The molecule has 0 fully saturated rings. The summed E-state index contributed by atoms with van der Waals surface area (Å²) in [5.41, 5.74) is -0.832. The zero-order valence-electron chi connectivity index (χ0n) is 10.2. The molecule has 0 unspecified atom stereocenters. The van der Waals surface area contributed by atoms with E-state index in [0.717, 1.165) is 6.07 Å². The van der Waals surface area contributed by atoms with Gasteiger partial charge in [-0.2, -0.15) is 13.2 Å². The minimum absolute atomic E-state index is 0.00277. The van der Waals surface area contributed by atoms with E-state index in [1.807, 2.05) is 6.92 Å². The second-order valence-electron chi connectivity index (χ2n) is 3.76. The van der Waals surface area contributed by atoms with Crippen LogP contribution in [0, 0.1) is 0 Å². The van der Waals surface area contributed by atoms with Crippen molar-refractivity contribution in [3.8, 4) is 0 Å². The molecule has 0 aliphatic rings. The van der Waals surface area contributed by atoms with Crippen molar-refractivity contribution in [1.29, 1.82) is 0 Å². The molecule has 18 heavy (non-hydrogen) atoms. The summed E-state index contributed by atoms with van der Waals surface area (Å²) in [4.78, 5) is 11.3. The second-order valence-corrected chi connectivity index (χ2v) is 3.76. The van der Waals surface area contributed by atoms with Crippen LogP contribution in [0.25, 0.3) is 0 Å². The number of carbonyl (C=O) groups excluding carboxylic acids is 1. The van der Waals surface area contributed by atoms with Crippen LogP contribution in [0.1, 0.15) is 29.3 Å². The predicted octanol–water partition coefficient (Wildman–Crippen LogP) is 2.89. The maximum absolute atomic E-state index is 12.9. The number of rotatable bonds is 4. The van der Waals surface area contributed by atoms with Crippen molar-refractivity contribution in [2.24, 2.45) is 0 Å². The summed E-state index contributed by atoms with van der Waals surface area (Å²) < 4.78 is 38.6. The average molecular weight is 260 g/mol. The molecule has 0 aromatic heterocycles. The van der Waals surface area contributed by atoms with Crippen molar-refractivity contribution < 1.29 is 18.0 Å². The normalized spacial score (nSPS) is 11.2. The smallest absolute Gasteiger partial charge is 0.385 e. The van der Waals surface area contributed by atoms with E-state index in [1.54, 1.807) is 0 Å². The number of alkyl halides is 3. The molecule has 2 N–H and O–H groups in total. The van der Waals surface area contributed by atoms with Gasteiger partial charge in [0.05, 0.1) is 5.56 Å². The maximum Gasteiger partial charge on any atom is 0.418 e. The van der Waals surface area contributed by atoms with E-state index >= 15 is 0 Å². The first-order valence-electron chi connectivity index (χ1n) is 5.57. The summed E-state index contributed by atoms with van der Waals surface area (Å²) in [7, 11) is 1.37. The third-order valence-electron chi connectivity index (χ3n) is 2.38. The Balaban J connectivity index is 3.16. The van der Waals surface area contributed by atoms with Gasteiger partial charge in [-0.15, -0.1) is 0 Å². The van der Waals surface area contributed by atoms with Gasteiger partial charge in [-0.1, -0.05) is 6.92 Å². The zero-order valence-corrected chi connectivity index (χ0v) is 10.2. The lowest BCUT2D eigenvalue weighted by molar-refractivity contribution is -0.137. The molecule has 0 bridgehead atoms. The van der Waals surface area contributed by atoms with E-state index in [-0.39, 0.29) is 11.3 Å². The Hall–Kier alpha value is -1.72. The van der Waals surface area contributed by atoms with E-state index in [4.69, 9.17) is 0 Å². The molecule has 0 spiro atoms. The largest absolute Gasteiger partial charge is 0.418 e. The van der Waals surface area contributed by atoms with Gasteiger partial charge in [-0.25, -0.2) is 0 Å². The molecule has 1 aromatic rings. The molecule has 0 heterocycles. The highest BCUT2D eigenvalue weighted by molar-refractivity contribution is 5.94. The quantitative estimate of drug-likeness (QED) is 0.874. The van der Waals surface area contributed by atoms with Gasteiger partial charge in [0.2, 0.25) is 0 Å². The summed E-state index contributed by atoms with van der Waals surface area (Å²) >= 11 is 0. The van der Waals surface area contributed by atoms with Crippen molar-refractivity contribution in [2.45, 2.75) is 19.5 Å². The number of amides is 1. The van der Waals surface area contributed by atoms with Crippen LogP contribution in [0.3, 0.4) is 0 Å². The van der Waals surface area contributed by atoms with E-state index in [9.17, 15) is 18.0 Å². The van der Waals surface area contributed by atoms with Crippen molar-refractivity contribution >= 4 is 11.6 Å². The van der Waals surface area contributed by atoms with Gasteiger partial charge in [0, 0.05) is 24.8 Å². The molecule has 0 saturated heterocycles. The van der Waals surface area contributed by atoms with Crippen molar-refractivity contribution in [1.82, 2.24) is 5.32 Å². The number of hydrogen-bond donors (Lipinski definition) is 2. The SMILES string of the molecule is CCCNc1ccc(C(=O)NC)cc1C(F)(F)F. The molecule has 6 heteroatoms.